The maximum Gasteiger partial charge on any atom is 0.241 e. The summed E-state index contributed by atoms with van der Waals surface area (Å²) in [5.74, 6) is 0. The Morgan fingerprint density at radius 1 is 1.10 bits per heavy atom. The third-order valence-corrected chi connectivity index (χ3v) is 5.26. The van der Waals surface area contributed by atoms with Gasteiger partial charge in [-0.2, -0.15) is 0 Å². The summed E-state index contributed by atoms with van der Waals surface area (Å²) in [5.41, 5.74) is 1.65. The first-order chi connectivity index (χ1) is 9.40. The zero-order valence-electron chi connectivity index (χ0n) is 11.3. The molecule has 0 aliphatic carbocycles. The maximum atomic E-state index is 12.4. The van der Waals surface area contributed by atoms with Crippen LogP contribution in [0.4, 0.5) is 0 Å². The number of rotatable bonds is 4. The predicted octanol–water partition coefficient (Wildman–Crippen LogP) is 3.80. The third-order valence-electron chi connectivity index (χ3n) is 3.06. The van der Waals surface area contributed by atoms with E-state index in [1.165, 1.54) is 0 Å². The van der Waals surface area contributed by atoms with Crippen molar-refractivity contribution in [2.75, 3.05) is 0 Å². The van der Waals surface area contributed by atoms with E-state index in [2.05, 4.69) is 20.7 Å². The van der Waals surface area contributed by atoms with Crippen LogP contribution in [0, 0.1) is 6.92 Å². The van der Waals surface area contributed by atoms with E-state index in [4.69, 9.17) is 0 Å². The minimum atomic E-state index is -3.52. The number of aryl methyl sites for hydroxylation is 1. The van der Waals surface area contributed by atoms with Crippen molar-refractivity contribution in [3.05, 3.63) is 64.1 Å². The molecule has 0 aromatic heterocycles. The maximum absolute atomic E-state index is 12.4. The molecule has 0 unspecified atom stereocenters. The van der Waals surface area contributed by atoms with Gasteiger partial charge in [0.25, 0.3) is 0 Å². The summed E-state index contributed by atoms with van der Waals surface area (Å²) in [6.07, 6.45) is 0. The van der Waals surface area contributed by atoms with Gasteiger partial charge in [-0.25, -0.2) is 13.1 Å². The smallest absolute Gasteiger partial charge is 0.207 e. The van der Waals surface area contributed by atoms with Crippen LogP contribution in [0.1, 0.15) is 24.1 Å². The summed E-state index contributed by atoms with van der Waals surface area (Å²) < 4.78 is 28.4. The first-order valence-corrected chi connectivity index (χ1v) is 8.51. The molecule has 2 aromatic rings. The molecule has 0 spiro atoms. The predicted molar refractivity (Wildman–Crippen MR) is 84.1 cm³/mol. The Hall–Kier alpha value is -1.17. The Morgan fingerprint density at radius 3 is 2.45 bits per heavy atom. The molecule has 0 aliphatic heterocycles. The number of benzene rings is 2. The summed E-state index contributed by atoms with van der Waals surface area (Å²) >= 11 is 3.39. The number of sulfonamides is 1. The van der Waals surface area contributed by atoms with E-state index < -0.39 is 10.0 Å². The Morgan fingerprint density at radius 2 is 1.80 bits per heavy atom. The molecule has 5 heteroatoms. The van der Waals surface area contributed by atoms with E-state index in [-0.39, 0.29) is 6.04 Å². The van der Waals surface area contributed by atoms with Crippen LogP contribution >= 0.6 is 15.9 Å². The van der Waals surface area contributed by atoms with Crippen LogP contribution in [-0.2, 0) is 10.0 Å². The van der Waals surface area contributed by atoms with Crippen LogP contribution in [0.25, 0.3) is 0 Å². The molecule has 20 heavy (non-hydrogen) atoms. The van der Waals surface area contributed by atoms with Crippen molar-refractivity contribution in [1.82, 2.24) is 4.72 Å². The van der Waals surface area contributed by atoms with E-state index in [9.17, 15) is 8.42 Å². The Bertz CT molecular complexity index is 713. The highest BCUT2D eigenvalue weighted by molar-refractivity contribution is 9.10. The van der Waals surface area contributed by atoms with Crippen molar-refractivity contribution in [2.45, 2.75) is 24.8 Å². The molecular formula is C15H16BrNO2S. The monoisotopic (exact) mass is 353 g/mol. The fraction of sp³-hybridized carbons (Fsp3) is 0.200. The lowest BCUT2D eigenvalue weighted by molar-refractivity contribution is 0.566. The summed E-state index contributed by atoms with van der Waals surface area (Å²) in [5, 5.41) is 0. The second kappa shape index (κ2) is 6.08. The van der Waals surface area contributed by atoms with Crippen LogP contribution in [0.2, 0.25) is 0 Å². The van der Waals surface area contributed by atoms with Gasteiger partial charge in [0, 0.05) is 10.5 Å². The molecule has 0 radical (unpaired) electrons. The topological polar surface area (TPSA) is 46.2 Å². The van der Waals surface area contributed by atoms with Gasteiger partial charge in [-0.05, 0) is 43.2 Å². The molecule has 0 saturated carbocycles. The minimum Gasteiger partial charge on any atom is -0.207 e. The lowest BCUT2D eigenvalue weighted by Crippen LogP contribution is -2.27. The van der Waals surface area contributed by atoms with Crippen molar-refractivity contribution >= 4 is 26.0 Å². The van der Waals surface area contributed by atoms with Gasteiger partial charge in [-0.3, -0.25) is 0 Å². The zero-order chi connectivity index (χ0) is 14.8. The summed E-state index contributed by atoms with van der Waals surface area (Å²) in [6.45, 7) is 3.62. The lowest BCUT2D eigenvalue weighted by atomic mass is 10.1. The van der Waals surface area contributed by atoms with Gasteiger partial charge >= 0.3 is 0 Å². The average Bonchev–Trinajstić information content (AvgIpc) is 2.38. The first kappa shape index (κ1) is 15.2. The van der Waals surface area contributed by atoms with E-state index >= 15 is 0 Å². The largest absolute Gasteiger partial charge is 0.241 e. The zero-order valence-corrected chi connectivity index (χ0v) is 13.7. The molecule has 0 amide bonds. The Kier molecular flexibility index (Phi) is 4.62. The highest BCUT2D eigenvalue weighted by Crippen LogP contribution is 2.21. The van der Waals surface area contributed by atoms with Gasteiger partial charge in [-0.1, -0.05) is 46.3 Å². The van der Waals surface area contributed by atoms with E-state index in [0.717, 1.165) is 15.6 Å². The second-order valence-electron chi connectivity index (χ2n) is 4.66. The Balaban J connectivity index is 2.27. The molecule has 2 aromatic carbocycles. The van der Waals surface area contributed by atoms with Gasteiger partial charge in [-0.15, -0.1) is 0 Å². The van der Waals surface area contributed by atoms with Crippen molar-refractivity contribution in [2.24, 2.45) is 0 Å². The third kappa shape index (κ3) is 3.48. The van der Waals surface area contributed by atoms with Gasteiger partial charge in [0.2, 0.25) is 10.0 Å². The van der Waals surface area contributed by atoms with Gasteiger partial charge < -0.3 is 0 Å². The summed E-state index contributed by atoms with van der Waals surface area (Å²) in [7, 11) is -3.52. The van der Waals surface area contributed by atoms with Crippen molar-refractivity contribution in [3.8, 4) is 0 Å². The van der Waals surface area contributed by atoms with E-state index in [0.29, 0.717) is 4.90 Å². The standard InChI is InChI=1S/C15H16BrNO2S/c1-11-6-3-4-9-15(11)20(18,19)17-12(2)13-7-5-8-14(16)10-13/h3-10,12,17H,1-2H3/t12-/m0/s1. The van der Waals surface area contributed by atoms with E-state index in [1.54, 1.807) is 25.1 Å². The number of halogens is 1. The van der Waals surface area contributed by atoms with Crippen LogP contribution in [0.3, 0.4) is 0 Å². The minimum absolute atomic E-state index is 0.294. The molecular weight excluding hydrogens is 338 g/mol. The van der Waals surface area contributed by atoms with E-state index in [1.807, 2.05) is 37.3 Å². The highest BCUT2D eigenvalue weighted by atomic mass is 79.9. The normalized spacial score (nSPS) is 13.2. The van der Waals surface area contributed by atoms with Crippen LogP contribution in [0.5, 0.6) is 0 Å². The highest BCUT2D eigenvalue weighted by Gasteiger charge is 2.19. The van der Waals surface area contributed by atoms with Crippen LogP contribution in [-0.4, -0.2) is 8.42 Å². The van der Waals surface area contributed by atoms with Gasteiger partial charge in [0.1, 0.15) is 0 Å². The molecule has 0 fully saturated rings. The van der Waals surface area contributed by atoms with Crippen LogP contribution < -0.4 is 4.72 Å². The number of hydrogen-bond donors (Lipinski definition) is 1. The van der Waals surface area contributed by atoms with Crippen molar-refractivity contribution in [3.63, 3.8) is 0 Å². The van der Waals surface area contributed by atoms with Gasteiger partial charge in [0.05, 0.1) is 4.90 Å². The molecule has 2 rings (SSSR count). The molecule has 106 valence electrons. The fourth-order valence-electron chi connectivity index (χ4n) is 2.00. The molecule has 1 N–H and O–H groups in total. The number of hydrogen-bond acceptors (Lipinski definition) is 2. The lowest BCUT2D eigenvalue weighted by Gasteiger charge is -2.16. The van der Waals surface area contributed by atoms with Gasteiger partial charge in [0.15, 0.2) is 0 Å². The molecule has 0 heterocycles. The summed E-state index contributed by atoms with van der Waals surface area (Å²) in [4.78, 5) is 0.321. The quantitative estimate of drug-likeness (QED) is 0.908. The molecule has 0 saturated heterocycles. The van der Waals surface area contributed by atoms with Crippen LogP contribution in [0.15, 0.2) is 57.9 Å². The first-order valence-electron chi connectivity index (χ1n) is 6.23. The number of nitrogens with one attached hydrogen (secondary N) is 1. The molecule has 3 nitrogen and oxygen atoms in total. The Labute approximate surface area is 128 Å². The molecule has 0 bridgehead atoms. The van der Waals surface area contributed by atoms with Crippen molar-refractivity contribution < 1.29 is 8.42 Å². The average molecular weight is 354 g/mol. The fourth-order valence-corrected chi connectivity index (χ4v) is 3.89. The molecule has 0 aliphatic rings. The van der Waals surface area contributed by atoms with Crippen molar-refractivity contribution in [1.29, 1.82) is 0 Å². The second-order valence-corrected chi connectivity index (χ2v) is 7.26. The summed E-state index contributed by atoms with van der Waals surface area (Å²) in [6, 6.07) is 14.3. The SMILES string of the molecule is Cc1ccccc1S(=O)(=O)N[C@@H](C)c1cccc(Br)c1. The molecule has 1 atom stereocenters.